The quantitative estimate of drug-likeness (QED) is 0.0807. The second-order valence-corrected chi connectivity index (χ2v) is 13.5. The van der Waals surface area contributed by atoms with Crippen molar-refractivity contribution in [1.29, 1.82) is 0 Å². The Morgan fingerprint density at radius 3 is 2.08 bits per heavy atom. The van der Waals surface area contributed by atoms with Gasteiger partial charge in [-0.25, -0.2) is 4.79 Å². The summed E-state index contributed by atoms with van der Waals surface area (Å²) in [6.07, 6.45) is -0.282. The summed E-state index contributed by atoms with van der Waals surface area (Å²) in [6, 6.07) is 1.05. The minimum Gasteiger partial charge on any atom is -0.478 e. The van der Waals surface area contributed by atoms with Crippen LogP contribution in [0.4, 0.5) is 5.69 Å². The van der Waals surface area contributed by atoms with Gasteiger partial charge in [0, 0.05) is 12.2 Å². The van der Waals surface area contributed by atoms with Crippen LogP contribution in [0.25, 0.3) is 0 Å². The third-order valence-electron chi connectivity index (χ3n) is 8.42. The van der Waals surface area contributed by atoms with E-state index in [1.807, 2.05) is 13.8 Å². The fourth-order valence-electron chi connectivity index (χ4n) is 5.67. The van der Waals surface area contributed by atoms with Crippen LogP contribution in [0.2, 0.25) is 0 Å². The van der Waals surface area contributed by atoms with E-state index in [0.717, 1.165) is 32.1 Å². The predicted octanol–water partition coefficient (Wildman–Crippen LogP) is -0.643. The molecule has 4 amide bonds. The molecule has 0 aliphatic heterocycles. The van der Waals surface area contributed by atoms with Gasteiger partial charge >= 0.3 is 5.97 Å². The number of nitrogens with two attached hydrogens (primary N) is 1. The SMILES string of the molecule is CC(C)C[C@H](NC(=O)[C@@H](NC(=O)[C@@H](N)CNC(O)C(O)O)C(C)C)C(=O)N[C@@H](CC1CCCCC1)[C@@H](O)C(=O)Nc1cccc(C(=O)O)c1. The number of aromatic carboxylic acids is 1. The molecule has 0 bridgehead atoms. The molecule has 16 nitrogen and oxygen atoms in total. The topological polar surface area (TPSA) is 273 Å². The number of hydrogen-bond acceptors (Lipinski definition) is 11. The normalized spacial score (nSPS) is 17.5. The first-order valence-corrected chi connectivity index (χ1v) is 16.8. The second kappa shape index (κ2) is 20.1. The van der Waals surface area contributed by atoms with Gasteiger partial charge in [0.05, 0.1) is 17.6 Å². The van der Waals surface area contributed by atoms with Gasteiger partial charge in [0.2, 0.25) is 17.7 Å². The van der Waals surface area contributed by atoms with Gasteiger partial charge in [-0.1, -0.05) is 65.9 Å². The maximum atomic E-state index is 13.8. The van der Waals surface area contributed by atoms with Gasteiger partial charge in [0.15, 0.2) is 18.6 Å². The van der Waals surface area contributed by atoms with E-state index in [1.54, 1.807) is 13.8 Å². The van der Waals surface area contributed by atoms with Crippen molar-refractivity contribution in [3.05, 3.63) is 29.8 Å². The van der Waals surface area contributed by atoms with E-state index in [4.69, 9.17) is 15.9 Å². The summed E-state index contributed by atoms with van der Waals surface area (Å²) in [6.45, 7) is 6.73. The molecule has 1 aromatic rings. The van der Waals surface area contributed by atoms with Crippen molar-refractivity contribution in [2.75, 3.05) is 11.9 Å². The number of carboxylic acids is 1. The number of aliphatic hydroxyl groups excluding tert-OH is 3. The van der Waals surface area contributed by atoms with Gasteiger partial charge in [-0.3, -0.25) is 24.5 Å². The van der Waals surface area contributed by atoms with Crippen LogP contribution in [0.5, 0.6) is 0 Å². The highest BCUT2D eigenvalue weighted by Gasteiger charge is 2.35. The average Bonchev–Trinajstić information content (AvgIpc) is 3.04. The van der Waals surface area contributed by atoms with Crippen LogP contribution in [0.15, 0.2) is 24.3 Å². The molecular formula is C33H54N6O10. The smallest absolute Gasteiger partial charge is 0.335 e. The number of carboxylic acid groups (broad SMARTS) is 1. The third-order valence-corrected chi connectivity index (χ3v) is 8.42. The fourth-order valence-corrected chi connectivity index (χ4v) is 5.67. The molecule has 276 valence electrons. The summed E-state index contributed by atoms with van der Waals surface area (Å²) >= 11 is 0. The Labute approximate surface area is 286 Å². The van der Waals surface area contributed by atoms with E-state index >= 15 is 0 Å². The van der Waals surface area contributed by atoms with Gasteiger partial charge in [-0.05, 0) is 48.8 Å². The summed E-state index contributed by atoms with van der Waals surface area (Å²) in [7, 11) is 0. The molecule has 6 atom stereocenters. The van der Waals surface area contributed by atoms with Gasteiger partial charge in [0.25, 0.3) is 5.91 Å². The Balaban J connectivity index is 2.22. The van der Waals surface area contributed by atoms with Crippen molar-refractivity contribution >= 4 is 35.3 Å². The van der Waals surface area contributed by atoms with E-state index in [1.165, 1.54) is 24.3 Å². The highest BCUT2D eigenvalue weighted by molar-refractivity contribution is 5.97. The van der Waals surface area contributed by atoms with Gasteiger partial charge in [-0.15, -0.1) is 0 Å². The lowest BCUT2D eigenvalue weighted by Crippen LogP contribution is -2.60. The third kappa shape index (κ3) is 14.0. The molecule has 1 aliphatic carbocycles. The Kier molecular flexibility index (Phi) is 17.0. The lowest BCUT2D eigenvalue weighted by Gasteiger charge is -2.32. The zero-order valence-corrected chi connectivity index (χ0v) is 28.6. The molecule has 0 saturated heterocycles. The summed E-state index contributed by atoms with van der Waals surface area (Å²) in [4.78, 5) is 64.6. The van der Waals surface area contributed by atoms with E-state index in [9.17, 15) is 39.3 Å². The Bertz CT molecular complexity index is 1260. The van der Waals surface area contributed by atoms with Crippen LogP contribution >= 0.6 is 0 Å². The van der Waals surface area contributed by atoms with Crippen molar-refractivity contribution in [3.8, 4) is 0 Å². The summed E-state index contributed by atoms with van der Waals surface area (Å²) < 4.78 is 0. The molecule has 0 radical (unpaired) electrons. The molecule has 16 heteroatoms. The summed E-state index contributed by atoms with van der Waals surface area (Å²) in [5.41, 5.74) is 5.96. The number of aliphatic hydroxyl groups is 4. The summed E-state index contributed by atoms with van der Waals surface area (Å²) in [5.74, 6) is -4.46. The zero-order chi connectivity index (χ0) is 36.8. The molecule has 1 fully saturated rings. The van der Waals surface area contributed by atoms with Crippen molar-refractivity contribution in [2.45, 2.75) is 115 Å². The first-order valence-electron chi connectivity index (χ1n) is 16.8. The lowest BCUT2D eigenvalue weighted by atomic mass is 9.83. The molecule has 12 N–H and O–H groups in total. The summed E-state index contributed by atoms with van der Waals surface area (Å²) in [5, 5.41) is 60.9. The van der Waals surface area contributed by atoms with Crippen LogP contribution in [0, 0.1) is 17.8 Å². The van der Waals surface area contributed by atoms with E-state index in [2.05, 4.69) is 26.6 Å². The highest BCUT2D eigenvalue weighted by atomic mass is 16.5. The second-order valence-electron chi connectivity index (χ2n) is 13.5. The lowest BCUT2D eigenvalue weighted by molar-refractivity contribution is -0.136. The van der Waals surface area contributed by atoms with Crippen LogP contribution in [-0.4, -0.2) is 104 Å². The largest absolute Gasteiger partial charge is 0.478 e. The van der Waals surface area contributed by atoms with Gasteiger partial charge in [-0.2, -0.15) is 0 Å². The highest BCUT2D eigenvalue weighted by Crippen LogP contribution is 2.28. The monoisotopic (exact) mass is 694 g/mol. The van der Waals surface area contributed by atoms with Crippen molar-refractivity contribution in [3.63, 3.8) is 0 Å². The maximum absolute atomic E-state index is 13.8. The number of benzene rings is 1. The first kappa shape index (κ1) is 41.5. The van der Waals surface area contributed by atoms with Crippen LogP contribution < -0.4 is 32.3 Å². The number of hydrogen-bond donors (Lipinski definition) is 11. The standard InChI is InChI=1S/C33H54N6O10/c1-17(2)13-24(38-29(43)25(18(3)4)39-27(41)22(34)16-35-31(45)33(48)49)28(42)37-23(14-19-9-6-5-7-10-19)26(40)30(44)36-21-12-8-11-20(15-21)32(46)47/h8,11-12,15,17-19,22-26,31,33,35,40,45,48-49H,5-7,9-10,13-14,16,34H2,1-4H3,(H,36,44)(H,37,42)(H,38,43)(H,39,41)(H,46,47)/t22-,23-,24-,25-,26+,31?/m0/s1. The Morgan fingerprint density at radius 2 is 1.51 bits per heavy atom. The van der Waals surface area contributed by atoms with Crippen LogP contribution in [-0.2, 0) is 19.2 Å². The van der Waals surface area contributed by atoms with Crippen molar-refractivity contribution in [2.24, 2.45) is 23.5 Å². The maximum Gasteiger partial charge on any atom is 0.335 e. The zero-order valence-electron chi connectivity index (χ0n) is 28.6. The van der Waals surface area contributed by atoms with Gasteiger partial charge < -0.3 is 52.5 Å². The molecule has 49 heavy (non-hydrogen) atoms. The number of carbonyl (C=O) groups is 5. The predicted molar refractivity (Wildman–Crippen MR) is 180 cm³/mol. The Morgan fingerprint density at radius 1 is 0.857 bits per heavy atom. The molecular weight excluding hydrogens is 640 g/mol. The minimum atomic E-state index is -2.10. The van der Waals surface area contributed by atoms with E-state index in [-0.39, 0.29) is 36.1 Å². The number of anilines is 1. The van der Waals surface area contributed by atoms with Crippen molar-refractivity contribution < 1.29 is 49.5 Å². The molecule has 1 aliphatic rings. The van der Waals surface area contributed by atoms with Gasteiger partial charge in [0.1, 0.15) is 12.1 Å². The molecule has 1 saturated carbocycles. The Hall–Kier alpha value is -3.67. The van der Waals surface area contributed by atoms with E-state index < -0.39 is 78.3 Å². The van der Waals surface area contributed by atoms with E-state index in [0.29, 0.717) is 6.42 Å². The van der Waals surface area contributed by atoms with Crippen molar-refractivity contribution in [1.82, 2.24) is 21.3 Å². The molecule has 2 rings (SSSR count). The number of carbonyl (C=O) groups excluding carboxylic acids is 4. The molecule has 0 spiro atoms. The molecule has 0 heterocycles. The minimum absolute atomic E-state index is 0.0542. The number of rotatable bonds is 19. The number of nitrogens with one attached hydrogen (secondary N) is 5. The van der Waals surface area contributed by atoms with Crippen LogP contribution in [0.1, 0.15) is 83.0 Å². The molecule has 0 aromatic heterocycles. The fraction of sp³-hybridized carbons (Fsp3) is 0.667. The van der Waals surface area contributed by atoms with Crippen LogP contribution in [0.3, 0.4) is 0 Å². The molecule has 1 unspecified atom stereocenters. The number of amides is 4. The molecule has 1 aromatic carbocycles. The average molecular weight is 695 g/mol. The first-order chi connectivity index (χ1) is 23.0.